The lowest BCUT2D eigenvalue weighted by Gasteiger charge is -2.17. The highest BCUT2D eigenvalue weighted by molar-refractivity contribution is 5.98. The maximum absolute atomic E-state index is 10.0. The summed E-state index contributed by atoms with van der Waals surface area (Å²) in [6, 6.07) is 26.1. The van der Waals surface area contributed by atoms with Crippen molar-refractivity contribution < 1.29 is 9.84 Å². The van der Waals surface area contributed by atoms with Crippen LogP contribution in [-0.4, -0.2) is 25.3 Å². The van der Waals surface area contributed by atoms with E-state index in [0.29, 0.717) is 6.61 Å². The Balaban J connectivity index is 2.08. The molecule has 0 amide bonds. The smallest absolute Gasteiger partial charge is 0.119 e. The third kappa shape index (κ3) is 4.81. The number of ether oxygens (including phenoxy) is 1. The number of allylic oxidation sites excluding steroid dienone is 1. The van der Waals surface area contributed by atoms with Gasteiger partial charge in [0.25, 0.3) is 0 Å². The predicted octanol–water partition coefficient (Wildman–Crippen LogP) is 5.36. The summed E-state index contributed by atoms with van der Waals surface area (Å²) >= 11 is 0. The van der Waals surface area contributed by atoms with E-state index in [0.717, 1.165) is 35.4 Å². The summed E-state index contributed by atoms with van der Waals surface area (Å²) in [5.74, 6) is 1.12. The van der Waals surface area contributed by atoms with Crippen LogP contribution in [0.5, 0.6) is 11.5 Å². The minimum atomic E-state index is 0.269. The number of nitrogens with one attached hydrogen (secondary N) is 1. The van der Waals surface area contributed by atoms with Crippen molar-refractivity contribution in [2.45, 2.75) is 13.3 Å². The van der Waals surface area contributed by atoms with Gasteiger partial charge in [-0.2, -0.15) is 0 Å². The third-order valence-electron chi connectivity index (χ3n) is 4.68. The zero-order chi connectivity index (χ0) is 19.8. The van der Waals surface area contributed by atoms with Crippen LogP contribution in [0.1, 0.15) is 30.0 Å². The molecule has 0 radical (unpaired) electrons. The molecule has 3 heteroatoms. The third-order valence-corrected chi connectivity index (χ3v) is 4.68. The van der Waals surface area contributed by atoms with E-state index in [1.807, 2.05) is 43.4 Å². The molecule has 0 aliphatic rings. The van der Waals surface area contributed by atoms with Crippen molar-refractivity contribution >= 4 is 11.1 Å². The predicted molar refractivity (Wildman–Crippen MR) is 117 cm³/mol. The van der Waals surface area contributed by atoms with Crippen LogP contribution in [0.4, 0.5) is 0 Å². The molecule has 0 saturated heterocycles. The summed E-state index contributed by atoms with van der Waals surface area (Å²) in [6.45, 7) is 3.61. The number of rotatable bonds is 8. The molecule has 3 aromatic carbocycles. The minimum Gasteiger partial charge on any atom is -0.508 e. The molecule has 0 saturated carbocycles. The maximum Gasteiger partial charge on any atom is 0.119 e. The zero-order valence-electron chi connectivity index (χ0n) is 16.5. The van der Waals surface area contributed by atoms with E-state index in [4.69, 9.17) is 4.74 Å². The van der Waals surface area contributed by atoms with Gasteiger partial charge in [-0.05, 0) is 65.6 Å². The molecular weight excluding hydrogens is 346 g/mol. The van der Waals surface area contributed by atoms with Gasteiger partial charge < -0.3 is 15.2 Å². The van der Waals surface area contributed by atoms with E-state index < -0.39 is 0 Å². The van der Waals surface area contributed by atoms with Gasteiger partial charge in [0, 0.05) is 6.54 Å². The first-order valence-electron chi connectivity index (χ1n) is 9.68. The first kappa shape index (κ1) is 19.7. The molecule has 0 aromatic heterocycles. The quantitative estimate of drug-likeness (QED) is 0.413. The standard InChI is InChI=1S/C25H27NO2/c1-3-24(19-8-5-4-6-9-19)25(21-10-7-11-22(27)18-21)20-12-14-23(15-13-20)28-17-16-26-2/h4-15,18,26-27H,3,16-17H2,1-2H3. The molecule has 0 fully saturated rings. The van der Waals surface area contributed by atoms with Crippen molar-refractivity contribution in [2.24, 2.45) is 0 Å². The second-order valence-electron chi connectivity index (χ2n) is 6.60. The molecule has 0 heterocycles. The molecule has 0 aliphatic carbocycles. The number of aromatic hydroxyl groups is 1. The van der Waals surface area contributed by atoms with Crippen LogP contribution < -0.4 is 10.1 Å². The van der Waals surface area contributed by atoms with Gasteiger partial charge in [0.2, 0.25) is 0 Å². The number of phenolic OH excluding ortho intramolecular Hbond substituents is 1. The van der Waals surface area contributed by atoms with Crippen LogP contribution in [0.3, 0.4) is 0 Å². The molecule has 0 aliphatic heterocycles. The van der Waals surface area contributed by atoms with Crippen molar-refractivity contribution in [1.29, 1.82) is 0 Å². The number of hydrogen-bond donors (Lipinski definition) is 2. The van der Waals surface area contributed by atoms with Gasteiger partial charge in [0.1, 0.15) is 18.1 Å². The lowest BCUT2D eigenvalue weighted by molar-refractivity contribution is 0.318. The van der Waals surface area contributed by atoms with E-state index in [-0.39, 0.29) is 5.75 Å². The molecule has 3 aromatic rings. The van der Waals surface area contributed by atoms with Crippen LogP contribution in [0, 0.1) is 0 Å². The number of benzene rings is 3. The van der Waals surface area contributed by atoms with Gasteiger partial charge in [-0.3, -0.25) is 0 Å². The average molecular weight is 373 g/mol. The van der Waals surface area contributed by atoms with Crippen LogP contribution in [0.2, 0.25) is 0 Å². The Morgan fingerprint density at radius 3 is 2.21 bits per heavy atom. The van der Waals surface area contributed by atoms with Gasteiger partial charge in [-0.25, -0.2) is 0 Å². The molecule has 144 valence electrons. The summed E-state index contributed by atoms with van der Waals surface area (Å²) in [7, 11) is 1.91. The molecule has 0 unspecified atom stereocenters. The van der Waals surface area contributed by atoms with E-state index in [1.54, 1.807) is 6.07 Å². The SMILES string of the molecule is CCC(=C(c1ccc(OCCNC)cc1)c1cccc(O)c1)c1ccccc1. The number of hydrogen-bond acceptors (Lipinski definition) is 3. The monoisotopic (exact) mass is 373 g/mol. The summed E-state index contributed by atoms with van der Waals surface area (Å²) in [5, 5.41) is 13.1. The van der Waals surface area contributed by atoms with Crippen LogP contribution in [-0.2, 0) is 0 Å². The first-order valence-corrected chi connectivity index (χ1v) is 9.68. The van der Waals surface area contributed by atoms with E-state index in [1.165, 1.54) is 11.1 Å². The molecule has 0 atom stereocenters. The van der Waals surface area contributed by atoms with Crippen molar-refractivity contribution in [3.8, 4) is 11.5 Å². The second-order valence-corrected chi connectivity index (χ2v) is 6.60. The van der Waals surface area contributed by atoms with Crippen LogP contribution >= 0.6 is 0 Å². The topological polar surface area (TPSA) is 41.5 Å². The molecule has 3 nitrogen and oxygen atoms in total. The van der Waals surface area contributed by atoms with Gasteiger partial charge in [0.15, 0.2) is 0 Å². The lowest BCUT2D eigenvalue weighted by atomic mass is 9.88. The molecule has 28 heavy (non-hydrogen) atoms. The Kier molecular flexibility index (Phi) is 6.88. The van der Waals surface area contributed by atoms with Gasteiger partial charge >= 0.3 is 0 Å². The highest BCUT2D eigenvalue weighted by Gasteiger charge is 2.13. The van der Waals surface area contributed by atoms with Gasteiger partial charge in [0.05, 0.1) is 0 Å². The summed E-state index contributed by atoms with van der Waals surface area (Å²) in [6.07, 6.45) is 0.884. The van der Waals surface area contributed by atoms with E-state index in [2.05, 4.69) is 48.6 Å². The molecule has 3 rings (SSSR count). The molecule has 0 spiro atoms. The lowest BCUT2D eigenvalue weighted by Crippen LogP contribution is -2.15. The first-order chi connectivity index (χ1) is 13.7. The Hall–Kier alpha value is -3.04. The highest BCUT2D eigenvalue weighted by Crippen LogP contribution is 2.35. The highest BCUT2D eigenvalue weighted by atomic mass is 16.5. The Morgan fingerprint density at radius 2 is 1.57 bits per heavy atom. The minimum absolute atomic E-state index is 0.269. The summed E-state index contributed by atoms with van der Waals surface area (Å²) < 4.78 is 5.76. The normalized spacial score (nSPS) is 11.8. The van der Waals surface area contributed by atoms with Crippen molar-refractivity contribution in [3.05, 3.63) is 95.6 Å². The van der Waals surface area contributed by atoms with Crippen LogP contribution in [0.25, 0.3) is 11.1 Å². The Morgan fingerprint density at radius 1 is 0.857 bits per heavy atom. The van der Waals surface area contributed by atoms with Crippen molar-refractivity contribution in [2.75, 3.05) is 20.2 Å². The van der Waals surface area contributed by atoms with Crippen LogP contribution in [0.15, 0.2) is 78.9 Å². The molecular formula is C25H27NO2. The Bertz CT molecular complexity index is 915. The fourth-order valence-electron chi connectivity index (χ4n) is 3.33. The second kappa shape index (κ2) is 9.77. The summed E-state index contributed by atoms with van der Waals surface area (Å²) in [4.78, 5) is 0. The van der Waals surface area contributed by atoms with E-state index >= 15 is 0 Å². The zero-order valence-corrected chi connectivity index (χ0v) is 16.5. The summed E-state index contributed by atoms with van der Waals surface area (Å²) in [5.41, 5.74) is 5.68. The fourth-order valence-corrected chi connectivity index (χ4v) is 3.33. The van der Waals surface area contributed by atoms with Gasteiger partial charge in [-0.1, -0.05) is 61.5 Å². The average Bonchev–Trinajstić information content (AvgIpc) is 2.73. The largest absolute Gasteiger partial charge is 0.508 e. The maximum atomic E-state index is 10.0. The van der Waals surface area contributed by atoms with Crippen molar-refractivity contribution in [3.63, 3.8) is 0 Å². The van der Waals surface area contributed by atoms with Gasteiger partial charge in [-0.15, -0.1) is 0 Å². The fraction of sp³-hybridized carbons (Fsp3) is 0.200. The van der Waals surface area contributed by atoms with E-state index in [9.17, 15) is 5.11 Å². The van der Waals surface area contributed by atoms with Crippen molar-refractivity contribution in [1.82, 2.24) is 5.32 Å². The molecule has 2 N–H and O–H groups in total. The molecule has 0 bridgehead atoms. The Labute approximate surface area is 167 Å². The number of phenols is 1. The number of likely N-dealkylation sites (N-methyl/N-ethyl adjacent to an activating group) is 1.